The molecule has 0 spiro atoms. The van der Waals surface area contributed by atoms with E-state index in [2.05, 4.69) is 10.1 Å². The molecule has 4 rings (SSSR count). The van der Waals surface area contributed by atoms with Crippen molar-refractivity contribution < 1.29 is 13.2 Å². The highest BCUT2D eigenvalue weighted by Crippen LogP contribution is 2.31. The maximum Gasteiger partial charge on any atom is 0.416 e. The van der Waals surface area contributed by atoms with E-state index in [0.717, 1.165) is 17.7 Å². The van der Waals surface area contributed by atoms with Gasteiger partial charge in [-0.3, -0.25) is 4.79 Å². The van der Waals surface area contributed by atoms with Crippen molar-refractivity contribution in [3.8, 4) is 28.3 Å². The van der Waals surface area contributed by atoms with Crippen molar-refractivity contribution in [1.29, 1.82) is 0 Å². The average molecular weight is 396 g/mol. The van der Waals surface area contributed by atoms with E-state index in [4.69, 9.17) is 0 Å². The fourth-order valence-electron chi connectivity index (χ4n) is 3.06. The Balaban J connectivity index is 1.87. The molecule has 0 atom stereocenters. The Morgan fingerprint density at radius 2 is 1.69 bits per heavy atom. The first-order valence-corrected chi connectivity index (χ1v) is 8.69. The summed E-state index contributed by atoms with van der Waals surface area (Å²) in [6, 6.07) is 15.4. The zero-order chi connectivity index (χ0) is 20.6. The highest BCUT2D eigenvalue weighted by atomic mass is 19.4. The van der Waals surface area contributed by atoms with Gasteiger partial charge in [-0.2, -0.15) is 18.3 Å². The van der Waals surface area contributed by atoms with Crippen molar-refractivity contribution in [1.82, 2.24) is 19.3 Å². The Hall–Kier alpha value is -3.68. The smallest absolute Gasteiger partial charge is 0.332 e. The first-order valence-electron chi connectivity index (χ1n) is 8.69. The van der Waals surface area contributed by atoms with Gasteiger partial charge >= 0.3 is 6.18 Å². The normalized spacial score (nSPS) is 11.6. The number of hydrogen-bond donors (Lipinski definition) is 0. The fourth-order valence-corrected chi connectivity index (χ4v) is 3.06. The molecule has 2 aromatic carbocycles. The van der Waals surface area contributed by atoms with Crippen molar-refractivity contribution in [2.45, 2.75) is 6.18 Å². The van der Waals surface area contributed by atoms with Crippen LogP contribution in [0.4, 0.5) is 13.2 Å². The second-order valence-electron chi connectivity index (χ2n) is 6.44. The third-order valence-corrected chi connectivity index (χ3v) is 4.45. The predicted octanol–water partition coefficient (Wildman–Crippen LogP) is 4.32. The van der Waals surface area contributed by atoms with E-state index in [1.165, 1.54) is 29.1 Å². The van der Waals surface area contributed by atoms with Crippen LogP contribution in [0.25, 0.3) is 28.3 Å². The van der Waals surface area contributed by atoms with Crippen LogP contribution in [0.2, 0.25) is 0 Å². The lowest BCUT2D eigenvalue weighted by Crippen LogP contribution is -2.15. The van der Waals surface area contributed by atoms with E-state index >= 15 is 0 Å². The number of aromatic nitrogens is 4. The summed E-state index contributed by atoms with van der Waals surface area (Å²) in [6.45, 7) is 0. The van der Waals surface area contributed by atoms with Gasteiger partial charge in [-0.1, -0.05) is 36.4 Å². The summed E-state index contributed by atoms with van der Waals surface area (Å²) in [7, 11) is 1.73. The molecule has 2 aromatic heterocycles. The predicted molar refractivity (Wildman–Crippen MR) is 102 cm³/mol. The number of halogens is 3. The maximum atomic E-state index is 13.1. The van der Waals surface area contributed by atoms with Gasteiger partial charge in [0.15, 0.2) is 5.69 Å². The van der Waals surface area contributed by atoms with Gasteiger partial charge in [0.1, 0.15) is 5.69 Å². The Bertz CT molecular complexity index is 1230. The van der Waals surface area contributed by atoms with Gasteiger partial charge in [-0.15, -0.1) is 0 Å². The second kappa shape index (κ2) is 7.05. The quantitative estimate of drug-likeness (QED) is 0.518. The molecular formula is C21H15F3N4O. The van der Waals surface area contributed by atoms with Crippen LogP contribution >= 0.6 is 0 Å². The molecule has 0 N–H and O–H groups in total. The summed E-state index contributed by atoms with van der Waals surface area (Å²) >= 11 is 0. The Morgan fingerprint density at radius 1 is 0.931 bits per heavy atom. The zero-order valence-electron chi connectivity index (χ0n) is 15.3. The molecule has 0 saturated heterocycles. The van der Waals surface area contributed by atoms with Crippen LogP contribution in [-0.2, 0) is 13.2 Å². The Labute approximate surface area is 163 Å². The number of aryl methyl sites for hydroxylation is 1. The summed E-state index contributed by atoms with van der Waals surface area (Å²) in [5.41, 5.74) is 1.02. The van der Waals surface area contributed by atoms with E-state index in [-0.39, 0.29) is 16.8 Å². The maximum absolute atomic E-state index is 13.1. The Kier molecular flexibility index (Phi) is 4.54. The lowest BCUT2D eigenvalue weighted by Gasteiger charge is -2.12. The fraction of sp³-hybridized carbons (Fsp3) is 0.0952. The minimum atomic E-state index is -4.47. The van der Waals surface area contributed by atoms with Crippen LogP contribution in [0.15, 0.2) is 78.0 Å². The van der Waals surface area contributed by atoms with Crippen LogP contribution in [-0.4, -0.2) is 19.3 Å². The largest absolute Gasteiger partial charge is 0.416 e. The highest BCUT2D eigenvalue weighted by Gasteiger charge is 2.30. The summed E-state index contributed by atoms with van der Waals surface area (Å²) < 4.78 is 42.1. The first-order chi connectivity index (χ1) is 13.8. The molecule has 0 fully saturated rings. The summed E-state index contributed by atoms with van der Waals surface area (Å²) in [6.07, 6.45) is -1.55. The molecule has 0 aliphatic rings. The van der Waals surface area contributed by atoms with Gasteiger partial charge in [0.25, 0.3) is 0 Å². The van der Waals surface area contributed by atoms with Crippen molar-refractivity contribution >= 4 is 0 Å². The molecule has 0 aliphatic heterocycles. The van der Waals surface area contributed by atoms with Crippen LogP contribution in [0.5, 0.6) is 0 Å². The minimum Gasteiger partial charge on any atom is -0.332 e. The minimum absolute atomic E-state index is 0.101. The van der Waals surface area contributed by atoms with Crippen molar-refractivity contribution in [3.05, 3.63) is 89.0 Å². The third kappa shape index (κ3) is 3.56. The van der Waals surface area contributed by atoms with E-state index in [0.29, 0.717) is 11.4 Å². The molecular weight excluding hydrogens is 381 g/mol. The summed E-state index contributed by atoms with van der Waals surface area (Å²) in [5.74, 6) is 0. The van der Waals surface area contributed by atoms with E-state index in [9.17, 15) is 18.0 Å². The lowest BCUT2D eigenvalue weighted by molar-refractivity contribution is -0.137. The van der Waals surface area contributed by atoms with E-state index < -0.39 is 11.7 Å². The van der Waals surface area contributed by atoms with Crippen molar-refractivity contribution in [2.75, 3.05) is 0 Å². The molecule has 8 heteroatoms. The van der Waals surface area contributed by atoms with Gasteiger partial charge in [0.05, 0.1) is 23.3 Å². The molecule has 5 nitrogen and oxygen atoms in total. The van der Waals surface area contributed by atoms with Gasteiger partial charge in [-0.25, -0.2) is 9.67 Å². The number of imidazole rings is 1. The monoisotopic (exact) mass is 396 g/mol. The topological polar surface area (TPSA) is 52.7 Å². The molecule has 0 aliphatic carbocycles. The number of alkyl halides is 3. The van der Waals surface area contributed by atoms with Crippen LogP contribution in [0.3, 0.4) is 0 Å². The van der Waals surface area contributed by atoms with Crippen LogP contribution in [0.1, 0.15) is 5.56 Å². The van der Waals surface area contributed by atoms with Crippen LogP contribution < -0.4 is 5.43 Å². The van der Waals surface area contributed by atoms with Gasteiger partial charge in [-0.05, 0) is 18.2 Å². The van der Waals surface area contributed by atoms with Crippen molar-refractivity contribution in [3.63, 3.8) is 0 Å². The number of benzene rings is 2. The van der Waals surface area contributed by atoms with Gasteiger partial charge < -0.3 is 4.57 Å². The van der Waals surface area contributed by atoms with Crippen molar-refractivity contribution in [2.24, 2.45) is 7.05 Å². The SMILES string of the molecule is Cn1cnc(-c2ccccc2)c1-c1nn(-c2cccc(C(F)(F)F)c2)ccc1=O. The molecule has 0 radical (unpaired) electrons. The molecule has 4 aromatic rings. The Morgan fingerprint density at radius 3 is 2.41 bits per heavy atom. The molecule has 0 saturated carbocycles. The first kappa shape index (κ1) is 18.7. The average Bonchev–Trinajstić information content (AvgIpc) is 3.10. The third-order valence-electron chi connectivity index (χ3n) is 4.45. The molecule has 146 valence electrons. The lowest BCUT2D eigenvalue weighted by atomic mass is 10.1. The summed E-state index contributed by atoms with van der Waals surface area (Å²) in [5, 5.41) is 4.33. The molecule has 29 heavy (non-hydrogen) atoms. The molecule has 0 amide bonds. The molecule has 2 heterocycles. The summed E-state index contributed by atoms with van der Waals surface area (Å²) in [4.78, 5) is 16.9. The van der Waals surface area contributed by atoms with Gasteiger partial charge in [0.2, 0.25) is 5.43 Å². The van der Waals surface area contributed by atoms with Crippen LogP contribution in [0, 0.1) is 0 Å². The number of hydrogen-bond acceptors (Lipinski definition) is 3. The number of rotatable bonds is 3. The zero-order valence-corrected chi connectivity index (χ0v) is 15.3. The van der Waals surface area contributed by atoms with E-state index in [1.54, 1.807) is 17.9 Å². The van der Waals surface area contributed by atoms with Gasteiger partial charge in [0, 0.05) is 24.9 Å². The highest BCUT2D eigenvalue weighted by molar-refractivity contribution is 5.76. The molecule has 0 unspecified atom stereocenters. The second-order valence-corrected chi connectivity index (χ2v) is 6.44. The molecule has 0 bridgehead atoms. The number of nitrogens with zero attached hydrogens (tertiary/aromatic N) is 4. The standard InChI is InChI=1S/C21H15F3N4O/c1-27-13-25-18(14-6-3-2-4-7-14)20(27)19-17(29)10-11-28(26-19)16-9-5-8-15(12-16)21(22,23)24/h2-13H,1H3. The van der Waals surface area contributed by atoms with E-state index in [1.807, 2.05) is 30.3 Å².